The van der Waals surface area contributed by atoms with E-state index in [2.05, 4.69) is 41.9 Å². The molecule has 0 bridgehead atoms. The van der Waals surface area contributed by atoms with E-state index in [0.717, 1.165) is 54.3 Å². The van der Waals surface area contributed by atoms with Gasteiger partial charge in [0.1, 0.15) is 0 Å². The zero-order valence-electron chi connectivity index (χ0n) is 14.6. The van der Waals surface area contributed by atoms with Crippen LogP contribution in [-0.2, 0) is 6.54 Å². The van der Waals surface area contributed by atoms with E-state index < -0.39 is 0 Å². The molecule has 0 unspecified atom stereocenters. The number of nitriles is 1. The van der Waals surface area contributed by atoms with Gasteiger partial charge < -0.3 is 11.1 Å². The lowest BCUT2D eigenvalue weighted by atomic mass is 10.0. The minimum atomic E-state index is 0.439. The molecule has 0 aliphatic carbocycles. The first-order valence-corrected chi connectivity index (χ1v) is 9.40. The van der Waals surface area contributed by atoms with Crippen molar-refractivity contribution in [2.75, 3.05) is 18.8 Å². The minimum Gasteiger partial charge on any atom is -0.390 e. The van der Waals surface area contributed by atoms with Gasteiger partial charge in [0, 0.05) is 41.8 Å². The summed E-state index contributed by atoms with van der Waals surface area (Å²) in [5.74, 6) is 0. The Bertz CT molecular complexity index is 794. The summed E-state index contributed by atoms with van der Waals surface area (Å²) in [6, 6.07) is 12.6. The molecule has 0 atom stereocenters. The third-order valence-electron chi connectivity index (χ3n) is 4.64. The number of hydrogen-bond acceptors (Lipinski definition) is 5. The number of benzene rings is 1. The highest BCUT2D eigenvalue weighted by atomic mass is 32.1. The summed E-state index contributed by atoms with van der Waals surface area (Å²) >= 11 is 1.61. The number of hydrogen-bond donors (Lipinski definition) is 2. The zero-order valence-corrected chi connectivity index (χ0v) is 15.4. The van der Waals surface area contributed by atoms with Crippen molar-refractivity contribution in [1.82, 2.24) is 10.2 Å². The van der Waals surface area contributed by atoms with Crippen molar-refractivity contribution in [2.24, 2.45) is 0 Å². The van der Waals surface area contributed by atoms with Gasteiger partial charge >= 0.3 is 0 Å². The molecule has 0 saturated carbocycles. The summed E-state index contributed by atoms with van der Waals surface area (Å²) in [6.07, 6.45) is 2.17. The first kappa shape index (κ1) is 17.5. The number of likely N-dealkylation sites (tertiary alicyclic amines) is 1. The fourth-order valence-electron chi connectivity index (χ4n) is 3.33. The Balaban J connectivity index is 1.51. The summed E-state index contributed by atoms with van der Waals surface area (Å²) in [5, 5.41) is 13.4. The van der Waals surface area contributed by atoms with E-state index in [1.807, 2.05) is 18.2 Å². The van der Waals surface area contributed by atoms with Crippen LogP contribution < -0.4 is 11.1 Å². The lowest BCUT2D eigenvalue weighted by Gasteiger charge is -2.33. The molecule has 1 aliphatic rings. The summed E-state index contributed by atoms with van der Waals surface area (Å²) < 4.78 is 0. The fourth-order valence-corrected chi connectivity index (χ4v) is 4.14. The maximum Gasteiger partial charge on any atom is 0.0991 e. The molecular weight excluding hydrogens is 328 g/mol. The summed E-state index contributed by atoms with van der Waals surface area (Å²) in [7, 11) is 0. The topological polar surface area (TPSA) is 65.1 Å². The molecule has 4 nitrogen and oxygen atoms in total. The number of nitrogens with one attached hydrogen (secondary N) is 1. The van der Waals surface area contributed by atoms with Gasteiger partial charge in [-0.15, -0.1) is 11.3 Å². The summed E-state index contributed by atoms with van der Waals surface area (Å²) in [6.45, 7) is 9.22. The van der Waals surface area contributed by atoms with Crippen molar-refractivity contribution in [2.45, 2.75) is 32.4 Å². The number of aryl methyl sites for hydroxylation is 1. The Morgan fingerprint density at radius 2 is 2.16 bits per heavy atom. The molecule has 2 heterocycles. The van der Waals surface area contributed by atoms with Crippen LogP contribution in [0.5, 0.6) is 0 Å². The first-order chi connectivity index (χ1) is 12.0. The van der Waals surface area contributed by atoms with E-state index in [9.17, 15) is 0 Å². The van der Waals surface area contributed by atoms with Gasteiger partial charge in [-0.1, -0.05) is 18.7 Å². The van der Waals surface area contributed by atoms with Crippen molar-refractivity contribution in [3.63, 3.8) is 0 Å². The molecule has 5 heteroatoms. The third-order valence-corrected chi connectivity index (χ3v) is 5.52. The van der Waals surface area contributed by atoms with E-state index in [0.29, 0.717) is 6.04 Å². The number of rotatable bonds is 5. The molecule has 0 radical (unpaired) electrons. The molecule has 25 heavy (non-hydrogen) atoms. The normalized spacial score (nSPS) is 15.7. The molecule has 130 valence electrons. The smallest absolute Gasteiger partial charge is 0.0991 e. The largest absolute Gasteiger partial charge is 0.390 e. The lowest BCUT2D eigenvalue weighted by Crippen LogP contribution is -2.41. The van der Waals surface area contributed by atoms with Crippen LogP contribution >= 0.6 is 11.3 Å². The Labute approximate surface area is 153 Å². The van der Waals surface area contributed by atoms with Gasteiger partial charge in [0.05, 0.1) is 16.6 Å². The SMILES string of the molecule is C=C(NC1CCN(Cc2cccc(C#N)c2)CC1)c1cc(C)sc1N. The monoisotopic (exact) mass is 352 g/mol. The maximum atomic E-state index is 9.01. The van der Waals surface area contributed by atoms with Gasteiger partial charge in [-0.2, -0.15) is 5.26 Å². The Morgan fingerprint density at radius 3 is 2.80 bits per heavy atom. The minimum absolute atomic E-state index is 0.439. The van der Waals surface area contributed by atoms with Gasteiger partial charge in [-0.05, 0) is 43.5 Å². The number of nitrogens with zero attached hydrogens (tertiary/aromatic N) is 2. The van der Waals surface area contributed by atoms with E-state index >= 15 is 0 Å². The molecule has 1 saturated heterocycles. The number of thiophene rings is 1. The molecule has 3 rings (SSSR count). The highest BCUT2D eigenvalue weighted by Crippen LogP contribution is 2.29. The molecule has 0 spiro atoms. The standard InChI is InChI=1S/C20H24N4S/c1-14-10-19(20(22)25-14)15(2)23-18-6-8-24(9-7-18)13-17-5-3-4-16(11-17)12-21/h3-5,10-11,18,23H,2,6-9,13,22H2,1H3. The van der Waals surface area contributed by atoms with Gasteiger partial charge in [0.25, 0.3) is 0 Å². The van der Waals surface area contributed by atoms with E-state index in [1.165, 1.54) is 10.4 Å². The highest BCUT2D eigenvalue weighted by molar-refractivity contribution is 7.16. The van der Waals surface area contributed by atoms with Crippen LogP contribution in [0.2, 0.25) is 0 Å². The second-order valence-electron chi connectivity index (χ2n) is 6.62. The Hall–Kier alpha value is -2.29. The van der Waals surface area contributed by atoms with Crippen molar-refractivity contribution in [3.8, 4) is 6.07 Å². The van der Waals surface area contributed by atoms with E-state index in [4.69, 9.17) is 11.0 Å². The average molecular weight is 353 g/mol. The van der Waals surface area contributed by atoms with E-state index in [1.54, 1.807) is 11.3 Å². The molecular formula is C20H24N4S. The lowest BCUT2D eigenvalue weighted by molar-refractivity contribution is 0.198. The van der Waals surface area contributed by atoms with Crippen molar-refractivity contribution in [1.29, 1.82) is 5.26 Å². The van der Waals surface area contributed by atoms with Crippen molar-refractivity contribution < 1.29 is 0 Å². The van der Waals surface area contributed by atoms with Crippen LogP contribution in [0, 0.1) is 18.3 Å². The van der Waals surface area contributed by atoms with Gasteiger partial charge in [-0.25, -0.2) is 0 Å². The average Bonchev–Trinajstić information content (AvgIpc) is 2.95. The first-order valence-electron chi connectivity index (χ1n) is 8.58. The molecule has 1 aromatic heterocycles. The molecule has 1 aromatic carbocycles. The summed E-state index contributed by atoms with van der Waals surface area (Å²) in [5.41, 5.74) is 9.97. The number of anilines is 1. The molecule has 3 N–H and O–H groups in total. The molecule has 2 aromatic rings. The van der Waals surface area contributed by atoms with Crippen LogP contribution in [0.3, 0.4) is 0 Å². The molecule has 1 aliphatic heterocycles. The predicted octanol–water partition coefficient (Wildman–Crippen LogP) is 3.74. The maximum absolute atomic E-state index is 9.01. The van der Waals surface area contributed by atoms with E-state index in [-0.39, 0.29) is 0 Å². The van der Waals surface area contributed by atoms with Crippen molar-refractivity contribution in [3.05, 3.63) is 58.5 Å². The highest BCUT2D eigenvalue weighted by Gasteiger charge is 2.20. The van der Waals surface area contributed by atoms with Crippen LogP contribution in [0.1, 0.15) is 34.4 Å². The van der Waals surface area contributed by atoms with Crippen molar-refractivity contribution >= 4 is 22.0 Å². The Kier molecular flexibility index (Phi) is 5.42. The predicted molar refractivity (Wildman–Crippen MR) is 105 cm³/mol. The summed E-state index contributed by atoms with van der Waals surface area (Å²) in [4.78, 5) is 3.66. The molecule has 1 fully saturated rings. The van der Waals surface area contributed by atoms with Gasteiger partial charge in [0.15, 0.2) is 0 Å². The fraction of sp³-hybridized carbons (Fsp3) is 0.350. The second kappa shape index (κ2) is 7.73. The second-order valence-corrected chi connectivity index (χ2v) is 7.91. The van der Waals surface area contributed by atoms with Gasteiger partial charge in [0.2, 0.25) is 0 Å². The molecule has 0 amide bonds. The van der Waals surface area contributed by atoms with Crippen LogP contribution in [0.25, 0.3) is 5.70 Å². The van der Waals surface area contributed by atoms with Crippen LogP contribution in [-0.4, -0.2) is 24.0 Å². The quantitative estimate of drug-likeness (QED) is 0.860. The number of piperidine rings is 1. The number of nitrogen functional groups attached to an aromatic ring is 1. The van der Waals surface area contributed by atoms with Crippen LogP contribution in [0.4, 0.5) is 5.00 Å². The van der Waals surface area contributed by atoms with Gasteiger partial charge in [-0.3, -0.25) is 4.90 Å². The zero-order chi connectivity index (χ0) is 17.8. The third kappa shape index (κ3) is 4.41. The Morgan fingerprint density at radius 1 is 1.40 bits per heavy atom. The number of nitrogens with two attached hydrogens (primary N) is 1. The van der Waals surface area contributed by atoms with Crippen LogP contribution in [0.15, 0.2) is 36.9 Å².